The third-order valence-electron chi connectivity index (χ3n) is 8.07. The Balaban J connectivity index is 1.38. The number of anilines is 1. The lowest BCUT2D eigenvalue weighted by Gasteiger charge is -2.41. The standard InChI is InChI=1S/C27H39ClN4O3/c1-18-15-30(11-12-32(18)27(35)21-7-4-5-8-21)16-23-13-24(28)14-25(19(23)2)29-26(34)22-9-6-10-31(17-22)20(3)33/h13-14,18,21-22H,4-12,15-17H2,1-3H3,(H,29,34)/t18-,22+/m0/s1. The molecule has 2 atom stereocenters. The minimum atomic E-state index is -0.208. The Morgan fingerprint density at radius 1 is 1.00 bits per heavy atom. The molecule has 3 fully saturated rings. The van der Waals surface area contributed by atoms with Gasteiger partial charge in [-0.05, 0) is 62.8 Å². The van der Waals surface area contributed by atoms with Crippen molar-refractivity contribution in [1.82, 2.24) is 14.7 Å². The fourth-order valence-electron chi connectivity index (χ4n) is 5.89. The van der Waals surface area contributed by atoms with Crippen molar-refractivity contribution in [3.05, 3.63) is 28.3 Å². The van der Waals surface area contributed by atoms with Crippen LogP contribution in [0.2, 0.25) is 5.02 Å². The summed E-state index contributed by atoms with van der Waals surface area (Å²) in [4.78, 5) is 43.9. The van der Waals surface area contributed by atoms with Crippen molar-refractivity contribution < 1.29 is 14.4 Å². The molecule has 35 heavy (non-hydrogen) atoms. The summed E-state index contributed by atoms with van der Waals surface area (Å²) in [5.41, 5.74) is 2.84. The lowest BCUT2D eigenvalue weighted by atomic mass is 9.96. The number of nitrogens with zero attached hydrogens (tertiary/aromatic N) is 3. The van der Waals surface area contributed by atoms with Gasteiger partial charge in [-0.2, -0.15) is 0 Å². The third kappa shape index (κ3) is 6.18. The smallest absolute Gasteiger partial charge is 0.229 e. The Labute approximate surface area is 214 Å². The highest BCUT2D eigenvalue weighted by Gasteiger charge is 2.33. The van der Waals surface area contributed by atoms with E-state index in [0.717, 1.165) is 75.2 Å². The quantitative estimate of drug-likeness (QED) is 0.658. The monoisotopic (exact) mass is 502 g/mol. The highest BCUT2D eigenvalue weighted by atomic mass is 35.5. The first-order chi connectivity index (χ1) is 16.7. The molecule has 192 valence electrons. The molecule has 1 aromatic carbocycles. The molecule has 3 aliphatic rings. The summed E-state index contributed by atoms with van der Waals surface area (Å²) in [6, 6.07) is 3.97. The van der Waals surface area contributed by atoms with Crippen molar-refractivity contribution in [3.63, 3.8) is 0 Å². The first-order valence-corrected chi connectivity index (χ1v) is 13.5. The van der Waals surface area contributed by atoms with Crippen molar-refractivity contribution in [2.24, 2.45) is 11.8 Å². The van der Waals surface area contributed by atoms with E-state index in [2.05, 4.69) is 22.0 Å². The Morgan fingerprint density at radius 2 is 1.71 bits per heavy atom. The van der Waals surface area contributed by atoms with Crippen molar-refractivity contribution in [1.29, 1.82) is 0 Å². The molecule has 2 aliphatic heterocycles. The van der Waals surface area contributed by atoms with Crippen LogP contribution in [-0.4, -0.2) is 71.2 Å². The van der Waals surface area contributed by atoms with Crippen LogP contribution in [0.4, 0.5) is 5.69 Å². The lowest BCUT2D eigenvalue weighted by molar-refractivity contribution is -0.140. The number of nitrogens with one attached hydrogen (secondary N) is 1. The second-order valence-electron chi connectivity index (χ2n) is 10.6. The van der Waals surface area contributed by atoms with Crippen LogP contribution in [0.5, 0.6) is 0 Å². The van der Waals surface area contributed by atoms with Gasteiger partial charge in [0.05, 0.1) is 5.92 Å². The molecular formula is C27H39ClN4O3. The minimum absolute atomic E-state index is 0.0167. The third-order valence-corrected chi connectivity index (χ3v) is 8.29. The molecule has 1 N–H and O–H groups in total. The highest BCUT2D eigenvalue weighted by molar-refractivity contribution is 6.31. The highest BCUT2D eigenvalue weighted by Crippen LogP contribution is 2.30. The molecule has 1 aromatic rings. The molecule has 3 amide bonds. The summed E-state index contributed by atoms with van der Waals surface area (Å²) in [6.07, 6.45) is 6.04. The predicted octanol–water partition coefficient (Wildman–Crippen LogP) is 4.07. The molecule has 7 nitrogen and oxygen atoms in total. The summed E-state index contributed by atoms with van der Waals surface area (Å²) in [5, 5.41) is 3.68. The molecule has 0 aromatic heterocycles. The van der Waals surface area contributed by atoms with Crippen LogP contribution in [0, 0.1) is 18.8 Å². The maximum absolute atomic E-state index is 13.0. The van der Waals surface area contributed by atoms with E-state index in [4.69, 9.17) is 11.6 Å². The molecule has 0 spiro atoms. The van der Waals surface area contributed by atoms with Gasteiger partial charge in [0.15, 0.2) is 0 Å². The molecule has 2 saturated heterocycles. The molecular weight excluding hydrogens is 464 g/mol. The number of carbonyl (C=O) groups excluding carboxylic acids is 3. The van der Waals surface area contributed by atoms with Crippen LogP contribution in [0.25, 0.3) is 0 Å². The normalized spacial score (nSPS) is 24.0. The van der Waals surface area contributed by atoms with Crippen molar-refractivity contribution in [3.8, 4) is 0 Å². The summed E-state index contributed by atoms with van der Waals surface area (Å²) in [6.45, 7) is 10.1. The maximum atomic E-state index is 13.0. The van der Waals surface area contributed by atoms with Crippen molar-refractivity contribution in [2.45, 2.75) is 71.9 Å². The largest absolute Gasteiger partial charge is 0.342 e. The number of rotatable bonds is 5. The van der Waals surface area contributed by atoms with E-state index in [9.17, 15) is 14.4 Å². The predicted molar refractivity (Wildman–Crippen MR) is 138 cm³/mol. The summed E-state index contributed by atoms with van der Waals surface area (Å²) < 4.78 is 0. The Bertz CT molecular complexity index is 962. The van der Waals surface area contributed by atoms with Crippen LogP contribution in [0.15, 0.2) is 12.1 Å². The molecule has 0 bridgehead atoms. The van der Waals surface area contributed by atoms with Gasteiger partial charge in [0.2, 0.25) is 17.7 Å². The zero-order chi connectivity index (χ0) is 25.1. The Morgan fingerprint density at radius 3 is 2.40 bits per heavy atom. The molecule has 4 rings (SSSR count). The van der Waals surface area contributed by atoms with E-state index in [1.807, 2.05) is 19.1 Å². The van der Waals surface area contributed by atoms with Gasteiger partial charge >= 0.3 is 0 Å². The number of amides is 3. The molecule has 8 heteroatoms. The van der Waals surface area contributed by atoms with Crippen LogP contribution >= 0.6 is 11.6 Å². The molecule has 2 heterocycles. The average Bonchev–Trinajstić information content (AvgIpc) is 3.37. The number of carbonyl (C=O) groups is 3. The van der Waals surface area contributed by atoms with Crippen molar-refractivity contribution in [2.75, 3.05) is 38.0 Å². The average molecular weight is 503 g/mol. The molecule has 1 saturated carbocycles. The second kappa shape index (κ2) is 11.3. The van der Waals surface area contributed by atoms with Gasteiger partial charge in [-0.3, -0.25) is 19.3 Å². The van der Waals surface area contributed by atoms with E-state index in [1.165, 1.54) is 12.8 Å². The van der Waals surface area contributed by atoms with Crippen LogP contribution in [0.3, 0.4) is 0 Å². The van der Waals surface area contributed by atoms with Gasteiger partial charge in [0.25, 0.3) is 0 Å². The zero-order valence-electron chi connectivity index (χ0n) is 21.3. The van der Waals surface area contributed by atoms with Gasteiger partial charge in [0, 0.05) is 68.9 Å². The minimum Gasteiger partial charge on any atom is -0.342 e. The van der Waals surface area contributed by atoms with E-state index in [0.29, 0.717) is 17.5 Å². The van der Waals surface area contributed by atoms with Crippen LogP contribution in [0.1, 0.15) is 63.5 Å². The Hall–Kier alpha value is -2.12. The summed E-state index contributed by atoms with van der Waals surface area (Å²) >= 11 is 6.46. The van der Waals surface area contributed by atoms with E-state index < -0.39 is 0 Å². The molecule has 0 radical (unpaired) electrons. The van der Waals surface area contributed by atoms with Gasteiger partial charge in [-0.25, -0.2) is 0 Å². The molecule has 0 unspecified atom stereocenters. The Kier molecular flexibility index (Phi) is 8.38. The number of benzene rings is 1. The number of hydrogen-bond donors (Lipinski definition) is 1. The topological polar surface area (TPSA) is 73.0 Å². The number of likely N-dealkylation sites (tertiary alicyclic amines) is 1. The van der Waals surface area contributed by atoms with E-state index in [-0.39, 0.29) is 29.7 Å². The van der Waals surface area contributed by atoms with E-state index >= 15 is 0 Å². The summed E-state index contributed by atoms with van der Waals surface area (Å²) in [5.74, 6) is 0.311. The van der Waals surface area contributed by atoms with Gasteiger partial charge in [-0.1, -0.05) is 24.4 Å². The first-order valence-electron chi connectivity index (χ1n) is 13.1. The van der Waals surface area contributed by atoms with Gasteiger partial charge in [-0.15, -0.1) is 0 Å². The van der Waals surface area contributed by atoms with Crippen LogP contribution in [-0.2, 0) is 20.9 Å². The maximum Gasteiger partial charge on any atom is 0.229 e. The SMILES string of the molecule is CC(=O)N1CCC[C@@H](C(=O)Nc2cc(Cl)cc(CN3CCN(C(=O)C4CCCC4)[C@@H](C)C3)c2C)C1. The number of hydrogen-bond acceptors (Lipinski definition) is 4. The first kappa shape index (κ1) is 26.0. The fourth-order valence-corrected chi connectivity index (χ4v) is 6.13. The van der Waals surface area contributed by atoms with Gasteiger partial charge < -0.3 is 15.1 Å². The number of halogens is 1. The van der Waals surface area contributed by atoms with E-state index in [1.54, 1.807) is 11.8 Å². The van der Waals surface area contributed by atoms with Crippen LogP contribution < -0.4 is 5.32 Å². The molecule has 1 aliphatic carbocycles. The second-order valence-corrected chi connectivity index (χ2v) is 11.1. The number of piperazine rings is 1. The zero-order valence-corrected chi connectivity index (χ0v) is 22.1. The number of piperidine rings is 1. The lowest BCUT2D eigenvalue weighted by Crippen LogP contribution is -2.54. The van der Waals surface area contributed by atoms with Gasteiger partial charge in [0.1, 0.15) is 0 Å². The van der Waals surface area contributed by atoms with Crippen molar-refractivity contribution >= 4 is 35.0 Å². The summed E-state index contributed by atoms with van der Waals surface area (Å²) in [7, 11) is 0. The fraction of sp³-hybridized carbons (Fsp3) is 0.667.